The van der Waals surface area contributed by atoms with E-state index in [1.807, 2.05) is 35.7 Å². The SMILES string of the molecule is N[C@@H](Cc1cccs1)C(=O)N(C(=O)N1CCNCC1)[C@@H](Cc1c[nH]cn1)C(=O)N[C@@H](CC1CCCCC1)[C@@H](O)CCCc1ccccn1. The number of aryl methyl sites for hydroxylation is 1. The number of thiophene rings is 1. The number of piperazine rings is 1. The summed E-state index contributed by atoms with van der Waals surface area (Å²) in [5, 5.41) is 19.9. The van der Waals surface area contributed by atoms with E-state index in [0.717, 1.165) is 41.2 Å². The molecule has 2 aliphatic rings. The number of nitrogens with two attached hydrogens (primary N) is 1. The van der Waals surface area contributed by atoms with Gasteiger partial charge in [-0.25, -0.2) is 14.7 Å². The van der Waals surface area contributed by atoms with Gasteiger partial charge >= 0.3 is 6.03 Å². The van der Waals surface area contributed by atoms with Crippen molar-refractivity contribution in [2.24, 2.45) is 11.7 Å². The second-order valence-corrected chi connectivity index (χ2v) is 14.1. The first-order valence-corrected chi connectivity index (χ1v) is 18.2. The number of aromatic amines is 1. The van der Waals surface area contributed by atoms with Gasteiger partial charge in [-0.1, -0.05) is 44.2 Å². The van der Waals surface area contributed by atoms with Gasteiger partial charge in [-0.15, -0.1) is 11.3 Å². The number of nitrogens with zero attached hydrogens (tertiary/aromatic N) is 4. The Kier molecular flexibility index (Phi) is 13.5. The van der Waals surface area contributed by atoms with Crippen LogP contribution in [0.15, 0.2) is 54.4 Å². The van der Waals surface area contributed by atoms with E-state index >= 15 is 0 Å². The summed E-state index contributed by atoms with van der Waals surface area (Å²) < 4.78 is 0. The van der Waals surface area contributed by atoms with Crippen molar-refractivity contribution in [2.45, 2.75) is 94.9 Å². The zero-order chi connectivity index (χ0) is 33.7. The number of aliphatic hydroxyl groups is 1. The minimum atomic E-state index is -1.22. The zero-order valence-corrected chi connectivity index (χ0v) is 28.5. The lowest BCUT2D eigenvalue weighted by molar-refractivity contribution is -0.139. The summed E-state index contributed by atoms with van der Waals surface area (Å²) in [5.41, 5.74) is 7.99. The Morgan fingerprint density at radius 1 is 1.06 bits per heavy atom. The maximum Gasteiger partial charge on any atom is 0.327 e. The van der Waals surface area contributed by atoms with E-state index in [1.165, 1.54) is 24.1 Å². The number of hydrogen-bond donors (Lipinski definition) is 5. The predicted octanol–water partition coefficient (Wildman–Crippen LogP) is 3.04. The van der Waals surface area contributed by atoms with Crippen LogP contribution in [0.2, 0.25) is 0 Å². The lowest BCUT2D eigenvalue weighted by Gasteiger charge is -2.38. The minimum absolute atomic E-state index is 0.0105. The van der Waals surface area contributed by atoms with Crippen molar-refractivity contribution in [1.29, 1.82) is 0 Å². The minimum Gasteiger partial charge on any atom is -0.391 e. The number of aliphatic hydroxyl groups excluding tert-OH is 1. The topological polar surface area (TPSA) is 170 Å². The van der Waals surface area contributed by atoms with Gasteiger partial charge in [-0.2, -0.15) is 0 Å². The number of urea groups is 1. The van der Waals surface area contributed by atoms with Crippen molar-refractivity contribution in [1.82, 2.24) is 35.4 Å². The summed E-state index contributed by atoms with van der Waals surface area (Å²) in [7, 11) is 0. The standard InChI is InChI=1S/C35H50N8O4S/c36-29(22-28-12-7-19-48-28)34(46)43(35(47)42-17-15-37-16-18-42)31(21-27-23-38-24-40-27)33(45)41-30(20-25-8-2-1-3-9-25)32(44)13-6-11-26-10-4-5-14-39-26/h4-5,7,10,12,14,19,23-25,29-32,37,44H,1-3,6,8-9,11,13,15-18,20-22,36H2,(H,38,40)(H,41,45)/t29-,30-,31-,32-/m0/s1. The number of hydrogen-bond acceptors (Lipinski definition) is 9. The van der Waals surface area contributed by atoms with Crippen LogP contribution in [-0.2, 0) is 28.9 Å². The van der Waals surface area contributed by atoms with Crippen molar-refractivity contribution in [3.63, 3.8) is 0 Å². The Hall–Kier alpha value is -3.65. The highest BCUT2D eigenvalue weighted by Crippen LogP contribution is 2.29. The molecule has 5 rings (SSSR count). The predicted molar refractivity (Wildman–Crippen MR) is 185 cm³/mol. The maximum absolute atomic E-state index is 14.5. The Morgan fingerprint density at radius 2 is 1.88 bits per heavy atom. The largest absolute Gasteiger partial charge is 0.391 e. The molecule has 260 valence electrons. The number of rotatable bonds is 15. The number of imide groups is 1. The molecule has 0 aromatic carbocycles. The molecule has 48 heavy (non-hydrogen) atoms. The van der Waals surface area contributed by atoms with Crippen molar-refractivity contribution < 1.29 is 19.5 Å². The van der Waals surface area contributed by atoms with Crippen LogP contribution in [0.1, 0.15) is 67.6 Å². The number of aromatic nitrogens is 3. The number of H-pyrrole nitrogens is 1. The van der Waals surface area contributed by atoms with E-state index in [2.05, 4.69) is 25.6 Å². The third-order valence-corrected chi connectivity index (χ3v) is 10.4. The normalized spacial score (nSPS) is 18.1. The zero-order valence-electron chi connectivity index (χ0n) is 27.6. The molecule has 2 fully saturated rings. The first-order valence-electron chi connectivity index (χ1n) is 17.4. The molecular weight excluding hydrogens is 629 g/mol. The van der Waals surface area contributed by atoms with Gasteiger partial charge in [0, 0.05) is 62.0 Å². The van der Waals surface area contributed by atoms with Crippen LogP contribution in [0.4, 0.5) is 4.79 Å². The monoisotopic (exact) mass is 678 g/mol. The van der Waals surface area contributed by atoms with Gasteiger partial charge < -0.3 is 31.4 Å². The van der Waals surface area contributed by atoms with Crippen molar-refractivity contribution >= 4 is 29.2 Å². The third-order valence-electron chi connectivity index (χ3n) is 9.48. The third kappa shape index (κ3) is 10.2. The Bertz CT molecular complexity index is 1400. The summed E-state index contributed by atoms with van der Waals surface area (Å²) in [6, 6.07) is 6.26. The van der Waals surface area contributed by atoms with Crippen LogP contribution < -0.4 is 16.4 Å². The van der Waals surface area contributed by atoms with Gasteiger partial charge in [0.2, 0.25) is 11.8 Å². The van der Waals surface area contributed by atoms with Gasteiger partial charge in [-0.05, 0) is 55.2 Å². The van der Waals surface area contributed by atoms with Gasteiger partial charge in [-0.3, -0.25) is 14.6 Å². The molecule has 0 unspecified atom stereocenters. The smallest absolute Gasteiger partial charge is 0.327 e. The van der Waals surface area contributed by atoms with E-state index in [-0.39, 0.29) is 12.8 Å². The highest BCUT2D eigenvalue weighted by molar-refractivity contribution is 7.09. The van der Waals surface area contributed by atoms with Crippen LogP contribution >= 0.6 is 11.3 Å². The van der Waals surface area contributed by atoms with Crippen molar-refractivity contribution in [3.05, 3.63) is 70.7 Å². The van der Waals surface area contributed by atoms with Gasteiger partial charge in [0.05, 0.1) is 30.2 Å². The summed E-state index contributed by atoms with van der Waals surface area (Å²) in [6.45, 7) is 1.97. The fraction of sp³-hybridized carbons (Fsp3) is 0.571. The lowest BCUT2D eigenvalue weighted by Crippen LogP contribution is -2.63. The number of imidazole rings is 1. The van der Waals surface area contributed by atoms with Gasteiger partial charge in [0.15, 0.2) is 0 Å². The average Bonchev–Trinajstić information content (AvgIpc) is 3.83. The van der Waals surface area contributed by atoms with E-state index in [1.54, 1.807) is 17.3 Å². The molecule has 6 N–H and O–H groups in total. The van der Waals surface area contributed by atoms with Crippen LogP contribution in [0.3, 0.4) is 0 Å². The van der Waals surface area contributed by atoms with E-state index in [9.17, 15) is 19.5 Å². The highest BCUT2D eigenvalue weighted by atomic mass is 32.1. The molecule has 3 aromatic heterocycles. The molecule has 4 heterocycles. The van der Waals surface area contributed by atoms with Crippen LogP contribution in [0.25, 0.3) is 0 Å². The molecule has 12 nitrogen and oxygen atoms in total. The maximum atomic E-state index is 14.5. The van der Waals surface area contributed by atoms with E-state index < -0.39 is 42.1 Å². The number of pyridine rings is 1. The van der Waals surface area contributed by atoms with Crippen LogP contribution in [0, 0.1) is 5.92 Å². The van der Waals surface area contributed by atoms with Crippen molar-refractivity contribution in [2.75, 3.05) is 26.2 Å². The molecule has 0 radical (unpaired) electrons. The molecule has 13 heteroatoms. The fourth-order valence-corrected chi connectivity index (χ4v) is 7.58. The molecule has 3 aromatic rings. The summed E-state index contributed by atoms with van der Waals surface area (Å²) in [5.74, 6) is -0.733. The first kappa shape index (κ1) is 35.7. The number of nitrogens with one attached hydrogen (secondary N) is 3. The lowest BCUT2D eigenvalue weighted by atomic mass is 9.83. The Labute approximate surface area is 286 Å². The van der Waals surface area contributed by atoms with E-state index in [4.69, 9.17) is 5.73 Å². The highest BCUT2D eigenvalue weighted by Gasteiger charge is 2.41. The molecule has 4 atom stereocenters. The summed E-state index contributed by atoms with van der Waals surface area (Å²) in [4.78, 5) is 58.2. The van der Waals surface area contributed by atoms with Gasteiger partial charge in [0.25, 0.3) is 0 Å². The first-order chi connectivity index (χ1) is 23.4. The summed E-state index contributed by atoms with van der Waals surface area (Å²) in [6.07, 6.45) is 12.5. The van der Waals surface area contributed by atoms with Gasteiger partial charge in [0.1, 0.15) is 6.04 Å². The second kappa shape index (κ2) is 18.2. The number of carbonyl (C=O) groups is 3. The van der Waals surface area contributed by atoms with Crippen LogP contribution in [-0.4, -0.2) is 98.1 Å². The molecule has 1 saturated carbocycles. The molecule has 4 amide bonds. The molecule has 1 aliphatic carbocycles. The molecular formula is C35H50N8O4S. The number of amides is 4. The quantitative estimate of drug-likeness (QED) is 0.163. The number of carbonyl (C=O) groups excluding carboxylic acids is 3. The Balaban J connectivity index is 1.40. The fourth-order valence-electron chi connectivity index (χ4n) is 6.82. The average molecular weight is 679 g/mol. The molecule has 1 saturated heterocycles. The molecule has 0 spiro atoms. The molecule has 1 aliphatic heterocycles. The van der Waals surface area contributed by atoms with Crippen LogP contribution in [0.5, 0.6) is 0 Å². The molecule has 0 bridgehead atoms. The summed E-state index contributed by atoms with van der Waals surface area (Å²) >= 11 is 1.49. The second-order valence-electron chi connectivity index (χ2n) is 13.0. The van der Waals surface area contributed by atoms with E-state index in [0.29, 0.717) is 63.5 Å². The van der Waals surface area contributed by atoms with Crippen molar-refractivity contribution in [3.8, 4) is 0 Å². The Morgan fingerprint density at radius 3 is 2.56 bits per heavy atom.